The second-order valence-electron chi connectivity index (χ2n) is 6.46. The first-order valence-corrected chi connectivity index (χ1v) is 9.61. The predicted octanol–water partition coefficient (Wildman–Crippen LogP) is 4.20. The average molecular weight is 331 g/mol. The first-order valence-electron chi connectivity index (χ1n) is 7.96. The molecule has 0 radical (unpaired) electrons. The van der Waals surface area contributed by atoms with Crippen LogP contribution in [0, 0.1) is 12.8 Å². The van der Waals surface area contributed by atoms with Crippen molar-refractivity contribution in [3.05, 3.63) is 71.3 Å². The topological polar surface area (TPSA) is 46.2 Å². The molecule has 0 unspecified atom stereocenters. The molecule has 124 valence electrons. The first-order chi connectivity index (χ1) is 10.9. The van der Waals surface area contributed by atoms with E-state index in [1.807, 2.05) is 61.5 Å². The molecule has 2 aromatic rings. The highest BCUT2D eigenvalue weighted by Gasteiger charge is 2.20. The van der Waals surface area contributed by atoms with E-state index in [1.165, 1.54) is 0 Å². The number of hydrogen-bond donors (Lipinski definition) is 1. The predicted molar refractivity (Wildman–Crippen MR) is 95.6 cm³/mol. The summed E-state index contributed by atoms with van der Waals surface area (Å²) in [6.45, 7) is 6.17. The van der Waals surface area contributed by atoms with E-state index in [2.05, 4.69) is 18.6 Å². The molecule has 0 aromatic heterocycles. The van der Waals surface area contributed by atoms with Gasteiger partial charge in [0.1, 0.15) is 0 Å². The van der Waals surface area contributed by atoms with Gasteiger partial charge in [-0.3, -0.25) is 0 Å². The molecule has 3 nitrogen and oxygen atoms in total. The van der Waals surface area contributed by atoms with Crippen LogP contribution in [0.5, 0.6) is 0 Å². The van der Waals surface area contributed by atoms with Crippen LogP contribution in [0.4, 0.5) is 0 Å². The van der Waals surface area contributed by atoms with Crippen molar-refractivity contribution in [1.82, 2.24) is 4.72 Å². The van der Waals surface area contributed by atoms with Crippen molar-refractivity contribution in [2.75, 3.05) is 0 Å². The van der Waals surface area contributed by atoms with Crippen LogP contribution in [0.2, 0.25) is 0 Å². The summed E-state index contributed by atoms with van der Waals surface area (Å²) in [6.07, 6.45) is 0.775. The number of sulfonamides is 1. The Morgan fingerprint density at radius 2 is 1.70 bits per heavy atom. The summed E-state index contributed by atoms with van der Waals surface area (Å²) < 4.78 is 28.0. The summed E-state index contributed by atoms with van der Waals surface area (Å²) in [4.78, 5) is 0. The Morgan fingerprint density at radius 1 is 1.00 bits per heavy atom. The number of rotatable bonds is 7. The van der Waals surface area contributed by atoms with Crippen LogP contribution in [0.1, 0.15) is 43.0 Å². The molecule has 2 aromatic carbocycles. The van der Waals surface area contributed by atoms with E-state index in [4.69, 9.17) is 0 Å². The highest BCUT2D eigenvalue weighted by Crippen LogP contribution is 2.22. The van der Waals surface area contributed by atoms with Crippen molar-refractivity contribution in [2.24, 2.45) is 5.92 Å². The number of nitrogens with one attached hydrogen (secondary N) is 1. The molecule has 0 saturated heterocycles. The fourth-order valence-corrected chi connectivity index (χ4v) is 4.06. The molecular formula is C19H25NO2S. The van der Waals surface area contributed by atoms with Crippen LogP contribution >= 0.6 is 0 Å². The van der Waals surface area contributed by atoms with E-state index >= 15 is 0 Å². The molecule has 0 saturated carbocycles. The van der Waals surface area contributed by atoms with Crippen molar-refractivity contribution in [3.8, 4) is 0 Å². The van der Waals surface area contributed by atoms with Gasteiger partial charge in [-0.25, -0.2) is 13.1 Å². The molecule has 0 spiro atoms. The molecular weight excluding hydrogens is 306 g/mol. The fraction of sp³-hybridized carbons (Fsp3) is 0.368. The summed E-state index contributed by atoms with van der Waals surface area (Å²) in [5.74, 6) is 0.415. The molecule has 0 heterocycles. The van der Waals surface area contributed by atoms with Crippen molar-refractivity contribution >= 4 is 10.0 Å². The monoisotopic (exact) mass is 331 g/mol. The molecule has 0 aliphatic carbocycles. The number of aryl methyl sites for hydroxylation is 1. The highest BCUT2D eigenvalue weighted by molar-refractivity contribution is 7.88. The minimum Gasteiger partial charge on any atom is -0.212 e. The lowest BCUT2D eigenvalue weighted by atomic mass is 9.98. The Balaban J connectivity index is 2.17. The van der Waals surface area contributed by atoms with E-state index in [-0.39, 0.29) is 11.8 Å². The van der Waals surface area contributed by atoms with Gasteiger partial charge in [-0.1, -0.05) is 74.0 Å². The number of hydrogen-bond acceptors (Lipinski definition) is 2. The normalized spacial score (nSPS) is 13.2. The van der Waals surface area contributed by atoms with Gasteiger partial charge in [-0.15, -0.1) is 0 Å². The molecule has 1 N–H and O–H groups in total. The highest BCUT2D eigenvalue weighted by atomic mass is 32.2. The molecule has 4 heteroatoms. The molecule has 0 aliphatic heterocycles. The van der Waals surface area contributed by atoms with Gasteiger partial charge in [-0.2, -0.15) is 0 Å². The second-order valence-corrected chi connectivity index (χ2v) is 8.21. The maximum Gasteiger partial charge on any atom is 0.216 e. The van der Waals surface area contributed by atoms with Crippen molar-refractivity contribution < 1.29 is 8.42 Å². The zero-order valence-corrected chi connectivity index (χ0v) is 14.8. The quantitative estimate of drug-likeness (QED) is 0.826. The first kappa shape index (κ1) is 17.7. The molecule has 0 fully saturated rings. The third-order valence-electron chi connectivity index (χ3n) is 3.67. The van der Waals surface area contributed by atoms with Crippen molar-refractivity contribution in [2.45, 2.75) is 39.0 Å². The minimum atomic E-state index is -3.39. The Bertz CT molecular complexity index is 724. The van der Waals surface area contributed by atoms with Crippen LogP contribution in [-0.4, -0.2) is 8.42 Å². The molecule has 1 atom stereocenters. The van der Waals surface area contributed by atoms with Gasteiger partial charge in [-0.05, 0) is 30.4 Å². The standard InChI is InChI=1S/C19H25NO2S/c1-15(2)12-19(18-10-5-4-6-11-18)20-23(21,22)14-17-9-7-8-16(3)13-17/h4-11,13,15,19-20H,12,14H2,1-3H3/t19-/m0/s1. The Hall–Kier alpha value is -1.65. The summed E-state index contributed by atoms with van der Waals surface area (Å²) >= 11 is 0. The van der Waals surface area contributed by atoms with E-state index in [0.717, 1.165) is 23.1 Å². The third kappa shape index (κ3) is 5.81. The Kier molecular flexibility index (Phi) is 5.97. The largest absolute Gasteiger partial charge is 0.216 e. The van der Waals surface area contributed by atoms with E-state index in [1.54, 1.807) is 0 Å². The van der Waals surface area contributed by atoms with Gasteiger partial charge in [0, 0.05) is 6.04 Å². The molecule has 0 aliphatic rings. The van der Waals surface area contributed by atoms with Crippen LogP contribution in [0.25, 0.3) is 0 Å². The van der Waals surface area contributed by atoms with Gasteiger partial charge in [0.25, 0.3) is 0 Å². The fourth-order valence-electron chi connectivity index (χ4n) is 2.69. The minimum absolute atomic E-state index is 0.0100. The molecule has 23 heavy (non-hydrogen) atoms. The summed E-state index contributed by atoms with van der Waals surface area (Å²) in [5, 5.41) is 0. The van der Waals surface area contributed by atoms with Crippen LogP contribution in [-0.2, 0) is 15.8 Å². The maximum atomic E-state index is 12.6. The van der Waals surface area contributed by atoms with Crippen molar-refractivity contribution in [3.63, 3.8) is 0 Å². The smallest absolute Gasteiger partial charge is 0.212 e. The van der Waals surface area contributed by atoms with Crippen LogP contribution < -0.4 is 4.72 Å². The molecule has 0 amide bonds. The third-order valence-corrected chi connectivity index (χ3v) is 5.03. The summed E-state index contributed by atoms with van der Waals surface area (Å²) in [5.41, 5.74) is 2.89. The number of benzene rings is 2. The lowest BCUT2D eigenvalue weighted by Gasteiger charge is -2.21. The zero-order valence-electron chi connectivity index (χ0n) is 14.0. The Morgan fingerprint density at radius 3 is 2.30 bits per heavy atom. The molecule has 2 rings (SSSR count). The average Bonchev–Trinajstić information content (AvgIpc) is 2.46. The summed E-state index contributed by atoms with van der Waals surface area (Å²) in [6, 6.07) is 17.2. The second kappa shape index (κ2) is 7.75. The Labute approximate surface area is 139 Å². The van der Waals surface area contributed by atoms with Crippen LogP contribution in [0.3, 0.4) is 0 Å². The molecule has 0 bridgehead atoms. The lowest BCUT2D eigenvalue weighted by molar-refractivity contribution is 0.472. The van der Waals surface area contributed by atoms with Gasteiger partial charge < -0.3 is 0 Å². The van der Waals surface area contributed by atoms with E-state index in [9.17, 15) is 8.42 Å². The maximum absolute atomic E-state index is 12.6. The lowest BCUT2D eigenvalue weighted by Crippen LogP contribution is -2.30. The van der Waals surface area contributed by atoms with Crippen LogP contribution in [0.15, 0.2) is 54.6 Å². The van der Waals surface area contributed by atoms with Gasteiger partial charge in [0.15, 0.2) is 0 Å². The van der Waals surface area contributed by atoms with Gasteiger partial charge in [0.05, 0.1) is 5.75 Å². The van der Waals surface area contributed by atoms with E-state index in [0.29, 0.717) is 5.92 Å². The van der Waals surface area contributed by atoms with Crippen molar-refractivity contribution in [1.29, 1.82) is 0 Å². The van der Waals surface area contributed by atoms with Gasteiger partial charge >= 0.3 is 0 Å². The SMILES string of the molecule is Cc1cccc(CS(=O)(=O)N[C@@H](CC(C)C)c2ccccc2)c1. The zero-order chi connectivity index (χ0) is 16.9. The van der Waals surface area contributed by atoms with E-state index < -0.39 is 10.0 Å². The summed E-state index contributed by atoms with van der Waals surface area (Å²) in [7, 11) is -3.39. The van der Waals surface area contributed by atoms with Gasteiger partial charge in [0.2, 0.25) is 10.0 Å².